The van der Waals surface area contributed by atoms with E-state index in [4.69, 9.17) is 9.47 Å². The molecule has 5 heteroatoms. The van der Waals surface area contributed by atoms with Crippen molar-refractivity contribution in [3.63, 3.8) is 0 Å². The first-order valence-corrected chi connectivity index (χ1v) is 6.82. The van der Waals surface area contributed by atoms with Crippen molar-refractivity contribution in [2.24, 2.45) is 0 Å². The SMILES string of the molecule is COc1ccc(C(=O)Oc2ccc3cc(F)c(F)cc3c2)cc1. The van der Waals surface area contributed by atoms with Crippen LogP contribution in [-0.4, -0.2) is 13.1 Å². The van der Waals surface area contributed by atoms with Crippen LogP contribution < -0.4 is 9.47 Å². The van der Waals surface area contributed by atoms with Crippen LogP contribution in [0.3, 0.4) is 0 Å². The molecule has 0 unspecified atom stereocenters. The number of esters is 1. The molecule has 0 aliphatic heterocycles. The zero-order valence-electron chi connectivity index (χ0n) is 12.2. The first-order chi connectivity index (χ1) is 11.1. The largest absolute Gasteiger partial charge is 0.497 e. The van der Waals surface area contributed by atoms with Crippen molar-refractivity contribution in [2.75, 3.05) is 7.11 Å². The van der Waals surface area contributed by atoms with Crippen LogP contribution in [0.2, 0.25) is 0 Å². The molecule has 0 saturated heterocycles. The van der Waals surface area contributed by atoms with Gasteiger partial charge in [-0.2, -0.15) is 0 Å². The number of fused-ring (bicyclic) bond motifs is 1. The predicted molar refractivity (Wildman–Crippen MR) is 81.8 cm³/mol. The minimum absolute atomic E-state index is 0.254. The summed E-state index contributed by atoms with van der Waals surface area (Å²) in [5.74, 6) is -1.53. The number of halogens is 2. The number of methoxy groups -OCH3 is 1. The summed E-state index contributed by atoms with van der Waals surface area (Å²) in [6, 6.07) is 13.2. The molecule has 3 rings (SSSR count). The summed E-state index contributed by atoms with van der Waals surface area (Å²) in [6.07, 6.45) is 0. The number of carbonyl (C=O) groups excluding carboxylic acids is 1. The van der Waals surface area contributed by atoms with E-state index in [9.17, 15) is 13.6 Å². The zero-order valence-corrected chi connectivity index (χ0v) is 12.2. The molecule has 3 aromatic carbocycles. The van der Waals surface area contributed by atoms with Crippen LogP contribution in [0.25, 0.3) is 10.8 Å². The Hall–Kier alpha value is -2.95. The normalized spacial score (nSPS) is 10.6. The second-order valence-electron chi connectivity index (χ2n) is 4.89. The molecule has 0 aliphatic carbocycles. The number of rotatable bonds is 3. The van der Waals surface area contributed by atoms with Gasteiger partial charge in [-0.05, 0) is 59.3 Å². The van der Waals surface area contributed by atoms with E-state index >= 15 is 0 Å². The molecule has 0 aliphatic rings. The summed E-state index contributed by atoms with van der Waals surface area (Å²) in [7, 11) is 1.53. The molecule has 0 N–H and O–H groups in total. The second kappa shape index (κ2) is 6.04. The van der Waals surface area contributed by atoms with Crippen LogP contribution in [0, 0.1) is 11.6 Å². The van der Waals surface area contributed by atoms with Gasteiger partial charge in [0.05, 0.1) is 12.7 Å². The summed E-state index contributed by atoms with van der Waals surface area (Å²) < 4.78 is 36.7. The Morgan fingerprint density at radius 1 is 0.826 bits per heavy atom. The molecular weight excluding hydrogens is 302 g/mol. The molecule has 0 aromatic heterocycles. The maximum Gasteiger partial charge on any atom is 0.343 e. The Balaban J connectivity index is 1.85. The fraction of sp³-hybridized carbons (Fsp3) is 0.0556. The molecule has 0 amide bonds. The van der Waals surface area contributed by atoms with Crippen LogP contribution in [0.15, 0.2) is 54.6 Å². The Kier molecular flexibility index (Phi) is 3.93. The molecule has 0 bridgehead atoms. The topological polar surface area (TPSA) is 35.5 Å². The Morgan fingerprint density at radius 2 is 1.43 bits per heavy atom. The van der Waals surface area contributed by atoms with Crippen LogP contribution in [-0.2, 0) is 0 Å². The highest BCUT2D eigenvalue weighted by Crippen LogP contribution is 2.24. The third-order valence-corrected chi connectivity index (χ3v) is 3.39. The monoisotopic (exact) mass is 314 g/mol. The highest BCUT2D eigenvalue weighted by Gasteiger charge is 2.10. The lowest BCUT2D eigenvalue weighted by molar-refractivity contribution is 0.0735. The maximum absolute atomic E-state index is 13.3. The average Bonchev–Trinajstić information content (AvgIpc) is 2.56. The molecule has 0 fully saturated rings. The number of carbonyl (C=O) groups is 1. The fourth-order valence-electron chi connectivity index (χ4n) is 2.18. The Labute approximate surface area is 131 Å². The van der Waals surface area contributed by atoms with Crippen molar-refractivity contribution >= 4 is 16.7 Å². The van der Waals surface area contributed by atoms with Gasteiger partial charge < -0.3 is 9.47 Å². The first kappa shape index (κ1) is 15.0. The van der Waals surface area contributed by atoms with E-state index in [-0.39, 0.29) is 5.75 Å². The molecule has 3 aromatic rings. The number of hydrogen-bond acceptors (Lipinski definition) is 3. The summed E-state index contributed by atoms with van der Waals surface area (Å²) in [6.45, 7) is 0. The number of benzene rings is 3. The van der Waals surface area contributed by atoms with Gasteiger partial charge >= 0.3 is 5.97 Å². The molecular formula is C18H12F2O3. The molecule has 23 heavy (non-hydrogen) atoms. The molecule has 0 heterocycles. The van der Waals surface area contributed by atoms with Gasteiger partial charge in [-0.1, -0.05) is 6.07 Å². The quantitative estimate of drug-likeness (QED) is 0.533. The summed E-state index contributed by atoms with van der Waals surface area (Å²) in [4.78, 5) is 12.1. The van der Waals surface area contributed by atoms with Crippen LogP contribution in [0.1, 0.15) is 10.4 Å². The van der Waals surface area contributed by atoms with Gasteiger partial charge in [0, 0.05) is 0 Å². The highest BCUT2D eigenvalue weighted by molar-refractivity contribution is 5.92. The van der Waals surface area contributed by atoms with Crippen molar-refractivity contribution in [1.82, 2.24) is 0 Å². The van der Waals surface area contributed by atoms with E-state index in [1.165, 1.54) is 19.2 Å². The maximum atomic E-state index is 13.3. The van der Waals surface area contributed by atoms with Gasteiger partial charge in [0.2, 0.25) is 0 Å². The molecule has 0 atom stereocenters. The van der Waals surface area contributed by atoms with Crippen molar-refractivity contribution in [2.45, 2.75) is 0 Å². The third kappa shape index (κ3) is 3.13. The minimum atomic E-state index is -0.948. The van der Waals surface area contributed by atoms with E-state index < -0.39 is 17.6 Å². The standard InChI is InChI=1S/C18H12F2O3/c1-22-14-5-2-11(3-6-14)18(21)23-15-7-4-12-9-16(19)17(20)10-13(12)8-15/h2-10H,1H3. The fourth-order valence-corrected chi connectivity index (χ4v) is 2.18. The third-order valence-electron chi connectivity index (χ3n) is 3.39. The zero-order chi connectivity index (χ0) is 16.4. The van der Waals surface area contributed by atoms with Gasteiger partial charge in [-0.3, -0.25) is 0 Å². The van der Waals surface area contributed by atoms with E-state index in [1.807, 2.05) is 0 Å². The first-order valence-electron chi connectivity index (χ1n) is 6.82. The lowest BCUT2D eigenvalue weighted by Gasteiger charge is -2.07. The van der Waals surface area contributed by atoms with Crippen molar-refractivity contribution in [1.29, 1.82) is 0 Å². The van der Waals surface area contributed by atoms with Crippen molar-refractivity contribution in [3.05, 3.63) is 71.8 Å². The smallest absolute Gasteiger partial charge is 0.343 e. The van der Waals surface area contributed by atoms with Gasteiger partial charge in [-0.15, -0.1) is 0 Å². The lowest BCUT2D eigenvalue weighted by Crippen LogP contribution is -2.08. The van der Waals surface area contributed by atoms with Gasteiger partial charge in [0.25, 0.3) is 0 Å². The van der Waals surface area contributed by atoms with E-state index in [0.29, 0.717) is 22.1 Å². The molecule has 116 valence electrons. The second-order valence-corrected chi connectivity index (χ2v) is 4.89. The summed E-state index contributed by atoms with van der Waals surface area (Å²) >= 11 is 0. The Bertz CT molecular complexity index is 873. The molecule has 3 nitrogen and oxygen atoms in total. The minimum Gasteiger partial charge on any atom is -0.497 e. The van der Waals surface area contributed by atoms with Crippen LogP contribution in [0.5, 0.6) is 11.5 Å². The van der Waals surface area contributed by atoms with Gasteiger partial charge in [0.15, 0.2) is 11.6 Å². The predicted octanol–water partition coefficient (Wildman–Crippen LogP) is 4.35. The van der Waals surface area contributed by atoms with E-state index in [1.54, 1.807) is 30.3 Å². The van der Waals surface area contributed by atoms with Crippen LogP contribution >= 0.6 is 0 Å². The average molecular weight is 314 g/mol. The summed E-state index contributed by atoms with van der Waals surface area (Å²) in [5, 5.41) is 0.970. The number of ether oxygens (including phenoxy) is 2. The summed E-state index contributed by atoms with van der Waals surface area (Å²) in [5.41, 5.74) is 0.358. The number of hydrogen-bond donors (Lipinski definition) is 0. The van der Waals surface area contributed by atoms with Crippen molar-refractivity contribution in [3.8, 4) is 11.5 Å². The highest BCUT2D eigenvalue weighted by atomic mass is 19.2. The van der Waals surface area contributed by atoms with E-state index in [0.717, 1.165) is 12.1 Å². The molecule has 0 spiro atoms. The van der Waals surface area contributed by atoms with E-state index in [2.05, 4.69) is 0 Å². The van der Waals surface area contributed by atoms with Crippen molar-refractivity contribution < 1.29 is 23.0 Å². The van der Waals surface area contributed by atoms with Crippen LogP contribution in [0.4, 0.5) is 8.78 Å². The van der Waals surface area contributed by atoms with Gasteiger partial charge in [-0.25, -0.2) is 13.6 Å². The lowest BCUT2D eigenvalue weighted by atomic mass is 10.1. The molecule has 0 saturated carbocycles. The Morgan fingerprint density at radius 3 is 2.09 bits per heavy atom. The van der Waals surface area contributed by atoms with Gasteiger partial charge in [0.1, 0.15) is 11.5 Å². The molecule has 0 radical (unpaired) electrons.